The predicted octanol–water partition coefficient (Wildman–Crippen LogP) is -1.78. The van der Waals surface area contributed by atoms with Crippen molar-refractivity contribution >= 4 is 23.0 Å². The van der Waals surface area contributed by atoms with Crippen molar-refractivity contribution in [1.29, 1.82) is 0 Å². The summed E-state index contributed by atoms with van der Waals surface area (Å²) in [6, 6.07) is 0. The minimum absolute atomic E-state index is 0.000576. The van der Waals surface area contributed by atoms with E-state index < -0.39 is 22.8 Å². The van der Waals surface area contributed by atoms with Gasteiger partial charge in [0, 0.05) is 32.9 Å². The third kappa shape index (κ3) is 4.40. The summed E-state index contributed by atoms with van der Waals surface area (Å²) in [4.78, 5) is 65.8. The Bertz CT molecular complexity index is 986. The lowest BCUT2D eigenvalue weighted by molar-refractivity contribution is -0.137. The van der Waals surface area contributed by atoms with E-state index in [4.69, 9.17) is 5.11 Å². The maximum Gasteiger partial charge on any atom is 0.329 e. The molecule has 0 fully saturated rings. The van der Waals surface area contributed by atoms with Gasteiger partial charge in [-0.1, -0.05) is 0 Å². The second-order valence-corrected chi connectivity index (χ2v) is 5.38. The van der Waals surface area contributed by atoms with Gasteiger partial charge in [-0.15, -0.1) is 0 Å². The van der Waals surface area contributed by atoms with Crippen LogP contribution in [0.1, 0.15) is 25.0 Å². The first-order chi connectivity index (χ1) is 11.8. The fourth-order valence-electron chi connectivity index (χ4n) is 2.18. The third-order valence-corrected chi connectivity index (χ3v) is 3.52. The van der Waals surface area contributed by atoms with Crippen molar-refractivity contribution in [2.45, 2.75) is 25.7 Å². The van der Waals surface area contributed by atoms with Gasteiger partial charge in [0.05, 0.1) is 0 Å². The number of carboxylic acid groups (broad SMARTS) is 1. The first-order valence-corrected chi connectivity index (χ1v) is 7.50. The molecule has 0 aliphatic rings. The molecule has 0 unspecified atom stereocenters. The van der Waals surface area contributed by atoms with Crippen molar-refractivity contribution in [3.63, 3.8) is 0 Å². The summed E-state index contributed by atoms with van der Waals surface area (Å²) in [5.74, 6) is -1.30. The van der Waals surface area contributed by atoms with E-state index in [0.717, 1.165) is 4.57 Å². The minimum atomic E-state index is -0.944. The molecule has 25 heavy (non-hydrogen) atoms. The Morgan fingerprint density at radius 1 is 1.16 bits per heavy atom. The van der Waals surface area contributed by atoms with Gasteiger partial charge in [-0.3, -0.25) is 28.7 Å². The molecule has 2 aromatic rings. The smallest absolute Gasteiger partial charge is 0.329 e. The molecule has 0 radical (unpaired) electrons. The van der Waals surface area contributed by atoms with Gasteiger partial charge in [0.1, 0.15) is 11.3 Å². The van der Waals surface area contributed by atoms with E-state index in [2.05, 4.69) is 20.3 Å². The van der Waals surface area contributed by atoms with E-state index >= 15 is 0 Å². The van der Waals surface area contributed by atoms with Crippen LogP contribution in [0.2, 0.25) is 0 Å². The van der Waals surface area contributed by atoms with Crippen LogP contribution in [0.4, 0.5) is 0 Å². The molecule has 0 atom stereocenters. The topological polar surface area (TPSA) is 167 Å². The van der Waals surface area contributed by atoms with Crippen LogP contribution in [-0.2, 0) is 23.1 Å². The second kappa shape index (κ2) is 7.55. The number of aliphatic carboxylic acids is 1. The van der Waals surface area contributed by atoms with Crippen molar-refractivity contribution in [1.82, 2.24) is 24.8 Å². The fraction of sp³-hybridized carbons (Fsp3) is 0.429. The number of carbonyl (C=O) groups is 2. The van der Waals surface area contributed by atoms with Gasteiger partial charge in [0.2, 0.25) is 5.91 Å². The highest BCUT2D eigenvalue weighted by atomic mass is 16.4. The summed E-state index contributed by atoms with van der Waals surface area (Å²) in [5.41, 5.74) is -2.10. The van der Waals surface area contributed by atoms with E-state index in [9.17, 15) is 24.0 Å². The Balaban J connectivity index is 2.09. The number of H-pyrrole nitrogens is 2. The number of nitrogens with zero attached hydrogens (tertiary/aromatic N) is 2. The quantitative estimate of drug-likeness (QED) is 0.428. The van der Waals surface area contributed by atoms with E-state index in [1.807, 2.05) is 0 Å². The van der Waals surface area contributed by atoms with Gasteiger partial charge in [0.25, 0.3) is 11.1 Å². The molecule has 0 aliphatic heterocycles. The molecule has 2 rings (SSSR count). The van der Waals surface area contributed by atoms with Crippen molar-refractivity contribution in [2.24, 2.45) is 7.05 Å². The molecular formula is C14H17N5O6. The van der Waals surface area contributed by atoms with E-state index in [-0.39, 0.29) is 48.6 Å². The Hall–Kier alpha value is -3.24. The number of carboxylic acids is 1. The number of fused-ring (bicyclic) bond motifs is 1. The summed E-state index contributed by atoms with van der Waals surface area (Å²) in [5, 5.41) is 11.0. The largest absolute Gasteiger partial charge is 0.481 e. The molecule has 1 amide bonds. The zero-order chi connectivity index (χ0) is 18.6. The molecule has 0 bridgehead atoms. The van der Waals surface area contributed by atoms with E-state index in [1.54, 1.807) is 0 Å². The third-order valence-electron chi connectivity index (χ3n) is 3.52. The van der Waals surface area contributed by atoms with Crippen LogP contribution in [0.3, 0.4) is 0 Å². The lowest BCUT2D eigenvalue weighted by Gasteiger charge is -2.06. The molecule has 0 saturated heterocycles. The Morgan fingerprint density at radius 2 is 1.88 bits per heavy atom. The number of amides is 1. The van der Waals surface area contributed by atoms with Gasteiger partial charge in [-0.2, -0.15) is 0 Å². The number of aryl methyl sites for hydroxylation is 2. The zero-order valence-electron chi connectivity index (χ0n) is 13.4. The highest BCUT2D eigenvalue weighted by Crippen LogP contribution is 2.00. The van der Waals surface area contributed by atoms with Gasteiger partial charge < -0.3 is 15.4 Å². The van der Waals surface area contributed by atoms with Crippen LogP contribution >= 0.6 is 0 Å². The average Bonchev–Trinajstić information content (AvgIpc) is 2.55. The molecule has 0 aliphatic carbocycles. The molecule has 4 N–H and O–H groups in total. The molecular weight excluding hydrogens is 334 g/mol. The first-order valence-electron chi connectivity index (χ1n) is 7.50. The fourth-order valence-corrected chi connectivity index (χ4v) is 2.18. The SMILES string of the molecule is Cn1c(=O)[nH]c(=O)c2nc(CCC(=O)NCCCC(=O)O)c(=O)[nH]c21. The Morgan fingerprint density at radius 3 is 2.56 bits per heavy atom. The van der Waals surface area contributed by atoms with Crippen LogP contribution in [0.25, 0.3) is 11.2 Å². The lowest BCUT2D eigenvalue weighted by Crippen LogP contribution is -2.32. The molecule has 11 heteroatoms. The molecule has 0 spiro atoms. The normalized spacial score (nSPS) is 10.8. The molecule has 2 aromatic heterocycles. The van der Waals surface area contributed by atoms with Gasteiger partial charge in [-0.05, 0) is 6.42 Å². The van der Waals surface area contributed by atoms with Crippen molar-refractivity contribution in [3.05, 3.63) is 36.9 Å². The Labute approximate surface area is 139 Å². The lowest BCUT2D eigenvalue weighted by atomic mass is 10.2. The number of carbonyl (C=O) groups excluding carboxylic acids is 1. The number of aromatic amines is 2. The van der Waals surface area contributed by atoms with Crippen molar-refractivity contribution in [3.8, 4) is 0 Å². The molecule has 0 aromatic carbocycles. The molecule has 0 saturated carbocycles. The maximum absolute atomic E-state index is 12.0. The Kier molecular flexibility index (Phi) is 5.47. The monoisotopic (exact) mass is 351 g/mol. The van der Waals surface area contributed by atoms with Gasteiger partial charge in [0.15, 0.2) is 5.52 Å². The second-order valence-electron chi connectivity index (χ2n) is 5.38. The van der Waals surface area contributed by atoms with Crippen molar-refractivity contribution in [2.75, 3.05) is 6.54 Å². The van der Waals surface area contributed by atoms with E-state index in [1.165, 1.54) is 7.05 Å². The summed E-state index contributed by atoms with van der Waals surface area (Å²) in [7, 11) is 1.38. The van der Waals surface area contributed by atoms with E-state index in [0.29, 0.717) is 6.42 Å². The number of rotatable bonds is 7. The predicted molar refractivity (Wildman–Crippen MR) is 86.4 cm³/mol. The zero-order valence-corrected chi connectivity index (χ0v) is 13.4. The molecule has 2 heterocycles. The number of hydrogen-bond acceptors (Lipinski definition) is 6. The number of hydrogen-bond donors (Lipinski definition) is 4. The molecule has 134 valence electrons. The maximum atomic E-state index is 12.0. The summed E-state index contributed by atoms with van der Waals surface area (Å²) >= 11 is 0. The van der Waals surface area contributed by atoms with Crippen LogP contribution in [0.5, 0.6) is 0 Å². The summed E-state index contributed by atoms with van der Waals surface area (Å²) in [6.07, 6.45) is 0.212. The summed E-state index contributed by atoms with van der Waals surface area (Å²) in [6.45, 7) is 0.217. The minimum Gasteiger partial charge on any atom is -0.481 e. The van der Waals surface area contributed by atoms with Gasteiger partial charge in [-0.25, -0.2) is 9.78 Å². The first kappa shape index (κ1) is 18.1. The standard InChI is InChI=1S/C14H17N5O6/c1-19-11-10(13(24)18-14(19)25)16-7(12(23)17-11)4-5-8(20)15-6-2-3-9(21)22/h2-6H2,1H3,(H,15,20)(H,17,23)(H,21,22)(H,18,24,25). The highest BCUT2D eigenvalue weighted by Gasteiger charge is 2.12. The average molecular weight is 351 g/mol. The van der Waals surface area contributed by atoms with Crippen molar-refractivity contribution < 1.29 is 14.7 Å². The van der Waals surface area contributed by atoms with Crippen LogP contribution in [0.15, 0.2) is 14.4 Å². The van der Waals surface area contributed by atoms with Crippen LogP contribution in [-0.4, -0.2) is 43.0 Å². The number of aromatic nitrogens is 4. The van der Waals surface area contributed by atoms with Gasteiger partial charge >= 0.3 is 11.7 Å². The molecule has 11 nitrogen and oxygen atoms in total. The van der Waals surface area contributed by atoms with Crippen LogP contribution in [0, 0.1) is 0 Å². The number of nitrogens with one attached hydrogen (secondary N) is 3. The highest BCUT2D eigenvalue weighted by molar-refractivity contribution is 5.76. The summed E-state index contributed by atoms with van der Waals surface area (Å²) < 4.78 is 1.06. The van der Waals surface area contributed by atoms with Crippen LogP contribution < -0.4 is 22.1 Å².